The minimum absolute atomic E-state index is 0.0429. The van der Waals surface area contributed by atoms with Crippen molar-refractivity contribution in [2.45, 2.75) is 85.3 Å². The van der Waals surface area contributed by atoms with Crippen LogP contribution < -0.4 is 5.69 Å². The molecule has 0 saturated heterocycles. The molecule has 3 aromatic rings. The van der Waals surface area contributed by atoms with E-state index in [2.05, 4.69) is 20.8 Å². The van der Waals surface area contributed by atoms with E-state index in [0.717, 1.165) is 23.3 Å². The van der Waals surface area contributed by atoms with Crippen molar-refractivity contribution < 1.29 is 20.1 Å². The molecule has 0 spiro atoms. The molecule has 3 N–H and O–H groups in total. The van der Waals surface area contributed by atoms with Crippen LogP contribution in [0.2, 0.25) is 0 Å². The number of aromatic hydroxyl groups is 1. The summed E-state index contributed by atoms with van der Waals surface area (Å²) in [5.74, 6) is -0.979. The highest BCUT2D eigenvalue weighted by atomic mass is 32.1. The molecule has 1 aromatic carbocycles. The van der Waals surface area contributed by atoms with E-state index in [1.54, 1.807) is 10.6 Å². The molecule has 0 aliphatic rings. The van der Waals surface area contributed by atoms with Gasteiger partial charge in [0, 0.05) is 10.9 Å². The van der Waals surface area contributed by atoms with E-state index in [0.29, 0.717) is 41.9 Å². The summed E-state index contributed by atoms with van der Waals surface area (Å²) in [5.41, 5.74) is 1.90. The Hall–Kier alpha value is -2.84. The minimum atomic E-state index is -0.936. The molecule has 196 valence electrons. The van der Waals surface area contributed by atoms with Gasteiger partial charge in [0.15, 0.2) is 0 Å². The number of aryl methyl sites for hydroxylation is 1. The van der Waals surface area contributed by atoms with Gasteiger partial charge in [0.2, 0.25) is 5.88 Å². The summed E-state index contributed by atoms with van der Waals surface area (Å²) in [7, 11) is 0. The van der Waals surface area contributed by atoms with Crippen LogP contribution in [0.3, 0.4) is 0 Å². The van der Waals surface area contributed by atoms with Crippen molar-refractivity contribution in [3.05, 3.63) is 67.9 Å². The highest BCUT2D eigenvalue weighted by Crippen LogP contribution is 2.29. The molecule has 0 fully saturated rings. The van der Waals surface area contributed by atoms with Crippen LogP contribution in [-0.2, 0) is 12.8 Å². The molecular formula is C28H38N2O5S. The van der Waals surface area contributed by atoms with Gasteiger partial charge in [-0.2, -0.15) is 0 Å². The maximum Gasteiger partial charge on any atom is 0.345 e. The topological polar surface area (TPSA) is 105 Å². The fourth-order valence-corrected chi connectivity index (χ4v) is 5.29. The van der Waals surface area contributed by atoms with E-state index in [4.69, 9.17) is 5.11 Å². The second-order valence-electron chi connectivity index (χ2n) is 10.8. The molecule has 0 aliphatic heterocycles. The molecule has 0 amide bonds. The lowest BCUT2D eigenvalue weighted by Crippen LogP contribution is -2.25. The van der Waals surface area contributed by atoms with Gasteiger partial charge >= 0.3 is 11.7 Å². The Bertz CT molecular complexity index is 1230. The Balaban J connectivity index is 1.80. The lowest BCUT2D eigenvalue weighted by molar-refractivity contribution is 0.0702. The van der Waals surface area contributed by atoms with Crippen molar-refractivity contribution >= 4 is 17.3 Å². The highest BCUT2D eigenvalue weighted by molar-refractivity contribution is 7.13. The number of aromatic nitrogens is 2. The van der Waals surface area contributed by atoms with Gasteiger partial charge in [-0.15, -0.1) is 11.3 Å². The molecule has 1 unspecified atom stereocenters. The Morgan fingerprint density at radius 1 is 1.03 bits per heavy atom. The quantitative estimate of drug-likeness (QED) is 0.286. The van der Waals surface area contributed by atoms with Crippen molar-refractivity contribution in [3.8, 4) is 11.6 Å². The van der Waals surface area contributed by atoms with E-state index in [-0.39, 0.29) is 23.0 Å². The zero-order valence-electron chi connectivity index (χ0n) is 21.8. The summed E-state index contributed by atoms with van der Waals surface area (Å²) >= 11 is 1.25. The number of aromatic carboxylic acids is 1. The van der Waals surface area contributed by atoms with Gasteiger partial charge in [-0.25, -0.2) is 9.59 Å². The monoisotopic (exact) mass is 514 g/mol. The zero-order chi connectivity index (χ0) is 26.6. The number of nitrogens with zero attached hydrogens (tertiary/aromatic N) is 2. The van der Waals surface area contributed by atoms with E-state index < -0.39 is 12.1 Å². The second kappa shape index (κ2) is 11.5. The summed E-state index contributed by atoms with van der Waals surface area (Å²) < 4.78 is 2.93. The van der Waals surface area contributed by atoms with E-state index in [9.17, 15) is 19.8 Å². The zero-order valence-corrected chi connectivity index (χ0v) is 22.6. The lowest BCUT2D eigenvalue weighted by atomic mass is 9.88. The highest BCUT2D eigenvalue weighted by Gasteiger charge is 2.22. The van der Waals surface area contributed by atoms with Crippen molar-refractivity contribution in [3.63, 3.8) is 0 Å². The largest absolute Gasteiger partial charge is 0.493 e. The maximum absolute atomic E-state index is 13.3. The van der Waals surface area contributed by atoms with Crippen LogP contribution in [0.25, 0.3) is 5.69 Å². The van der Waals surface area contributed by atoms with Gasteiger partial charge < -0.3 is 15.3 Å². The van der Waals surface area contributed by atoms with Gasteiger partial charge in [-0.3, -0.25) is 9.13 Å². The molecule has 2 aromatic heterocycles. The second-order valence-corrected chi connectivity index (χ2v) is 12.0. The SMILES string of the molecule is CC(C)n1c(O)c(CCCc2ccc(C(=O)O)s2)n(-c2ccc(C(O)CCCC(C)(C)C)cc2)c1=O. The number of carboxylic acid groups (broad SMARTS) is 1. The normalized spacial score (nSPS) is 12.9. The molecule has 7 nitrogen and oxygen atoms in total. The standard InChI is InChI=1S/C28H38N2O5S/c1-18(2)29-25(32)22(9-6-8-21-15-16-24(36-21)26(33)34)30(27(29)35)20-13-11-19(12-14-20)23(31)10-7-17-28(3,4)5/h11-16,18,23,31-32H,6-10,17H2,1-5H3,(H,33,34). The summed E-state index contributed by atoms with van der Waals surface area (Å²) in [6, 6.07) is 10.5. The third kappa shape index (κ3) is 6.68. The summed E-state index contributed by atoms with van der Waals surface area (Å²) in [6.07, 6.45) is 3.84. The van der Waals surface area contributed by atoms with E-state index in [1.165, 1.54) is 15.9 Å². The lowest BCUT2D eigenvalue weighted by Gasteiger charge is -2.19. The van der Waals surface area contributed by atoms with Gasteiger partial charge in [0.1, 0.15) is 4.88 Å². The molecular weight excluding hydrogens is 476 g/mol. The Morgan fingerprint density at radius 3 is 2.25 bits per heavy atom. The van der Waals surface area contributed by atoms with E-state index >= 15 is 0 Å². The Morgan fingerprint density at radius 2 is 1.69 bits per heavy atom. The number of aliphatic hydroxyl groups excluding tert-OH is 1. The fraction of sp³-hybridized carbons (Fsp3) is 0.500. The van der Waals surface area contributed by atoms with Crippen molar-refractivity contribution in [1.29, 1.82) is 0 Å². The first-order valence-corrected chi connectivity index (χ1v) is 13.4. The number of aliphatic hydroxyl groups is 1. The van der Waals surface area contributed by atoms with E-state index in [1.807, 2.05) is 44.2 Å². The first kappa shape index (κ1) is 27.7. The Labute approximate surface area is 216 Å². The predicted octanol–water partition coefficient (Wildman–Crippen LogP) is 6.11. The molecule has 8 heteroatoms. The summed E-state index contributed by atoms with van der Waals surface area (Å²) in [6.45, 7) is 10.3. The number of carbonyl (C=O) groups is 1. The minimum Gasteiger partial charge on any atom is -0.493 e. The van der Waals surface area contributed by atoms with Crippen LogP contribution in [0.4, 0.5) is 0 Å². The number of hydrogen-bond acceptors (Lipinski definition) is 5. The van der Waals surface area contributed by atoms with Crippen LogP contribution in [0.1, 0.15) is 98.3 Å². The van der Waals surface area contributed by atoms with Gasteiger partial charge in [0.05, 0.1) is 17.5 Å². The van der Waals surface area contributed by atoms with Crippen molar-refractivity contribution in [2.24, 2.45) is 5.41 Å². The molecule has 3 rings (SSSR count). The molecule has 0 radical (unpaired) electrons. The molecule has 1 atom stereocenters. The van der Waals surface area contributed by atoms with Gasteiger partial charge in [-0.05, 0) is 81.2 Å². The molecule has 2 heterocycles. The fourth-order valence-electron chi connectivity index (χ4n) is 4.40. The molecule has 36 heavy (non-hydrogen) atoms. The maximum atomic E-state index is 13.3. The smallest absolute Gasteiger partial charge is 0.345 e. The number of carboxylic acids is 1. The van der Waals surface area contributed by atoms with Crippen molar-refractivity contribution in [2.75, 3.05) is 0 Å². The average Bonchev–Trinajstić information content (AvgIpc) is 3.36. The Kier molecular flexibility index (Phi) is 8.84. The average molecular weight is 515 g/mol. The van der Waals surface area contributed by atoms with Crippen LogP contribution in [0.15, 0.2) is 41.2 Å². The first-order valence-electron chi connectivity index (χ1n) is 12.5. The third-order valence-corrected chi connectivity index (χ3v) is 7.45. The number of benzene rings is 1. The van der Waals surface area contributed by atoms with Crippen molar-refractivity contribution in [1.82, 2.24) is 9.13 Å². The van der Waals surface area contributed by atoms with Crippen LogP contribution >= 0.6 is 11.3 Å². The summed E-state index contributed by atoms with van der Waals surface area (Å²) in [4.78, 5) is 25.7. The molecule has 0 saturated carbocycles. The molecule has 0 bridgehead atoms. The summed E-state index contributed by atoms with van der Waals surface area (Å²) in [5, 5.41) is 30.7. The first-order chi connectivity index (χ1) is 16.9. The van der Waals surface area contributed by atoms with Gasteiger partial charge in [0.25, 0.3) is 0 Å². The number of hydrogen-bond donors (Lipinski definition) is 3. The van der Waals surface area contributed by atoms with Crippen LogP contribution in [-0.4, -0.2) is 30.4 Å². The number of imidazole rings is 1. The van der Waals surface area contributed by atoms with Gasteiger partial charge in [-0.1, -0.05) is 39.3 Å². The van der Waals surface area contributed by atoms with Crippen LogP contribution in [0.5, 0.6) is 5.88 Å². The third-order valence-electron chi connectivity index (χ3n) is 6.32. The van der Waals surface area contributed by atoms with Crippen LogP contribution in [0, 0.1) is 5.41 Å². The molecule has 0 aliphatic carbocycles. The predicted molar refractivity (Wildman–Crippen MR) is 144 cm³/mol. The number of rotatable bonds is 11. The number of thiophene rings is 1.